The molecule has 0 saturated carbocycles. The topological polar surface area (TPSA) is 188 Å². The molecule has 64 heavy (non-hydrogen) atoms. The number of ether oxygens (including phenoxy) is 10. The fraction of sp³-hybridized carbons (Fsp3) is 0.333. The Morgan fingerprint density at radius 3 is 1.64 bits per heavy atom. The maximum atomic E-state index is 12.5. The molecule has 0 fully saturated rings. The average molecular weight is 887 g/mol. The molecule has 4 aromatic carbocycles. The van der Waals surface area contributed by atoms with Crippen LogP contribution < -0.4 is 34.4 Å². The molecule has 1 aromatic heterocycles. The van der Waals surface area contributed by atoms with Crippen LogP contribution in [-0.4, -0.2) is 97.6 Å². The molecule has 0 amide bonds. The van der Waals surface area contributed by atoms with Crippen LogP contribution in [0.15, 0.2) is 114 Å². The van der Waals surface area contributed by atoms with Crippen molar-refractivity contribution in [2.75, 3.05) is 80.0 Å². The van der Waals surface area contributed by atoms with Crippen LogP contribution in [0, 0.1) is 0 Å². The van der Waals surface area contributed by atoms with Crippen molar-refractivity contribution in [1.29, 1.82) is 0 Å². The SMILES string of the molecule is CCOC(=O)C(=CNc1ccc(OC)c(OCCCOC)c1)C(=O)OCC.CCOC(=O)c1c[nH]c2cc(OCCCOC)c(OC)cc2c1=O.c1ccc(Oc2ccccc2)cc1. The predicted octanol–water partition coefficient (Wildman–Crippen LogP) is 8.14. The summed E-state index contributed by atoms with van der Waals surface area (Å²) in [5.41, 5.74) is 0.475. The highest BCUT2D eigenvalue weighted by molar-refractivity contribution is 6.14. The van der Waals surface area contributed by atoms with Crippen molar-refractivity contribution < 1.29 is 61.8 Å². The van der Waals surface area contributed by atoms with Gasteiger partial charge < -0.3 is 57.7 Å². The van der Waals surface area contributed by atoms with Crippen molar-refractivity contribution in [3.05, 3.63) is 125 Å². The maximum Gasteiger partial charge on any atom is 0.347 e. The number of carbonyl (C=O) groups excluding carboxylic acids is 3. The molecule has 0 aliphatic heterocycles. The van der Waals surface area contributed by atoms with Crippen molar-refractivity contribution >= 4 is 34.5 Å². The Morgan fingerprint density at radius 2 is 1.14 bits per heavy atom. The van der Waals surface area contributed by atoms with Crippen molar-refractivity contribution in [3.8, 4) is 34.5 Å². The van der Waals surface area contributed by atoms with Gasteiger partial charge in [0.2, 0.25) is 5.43 Å². The lowest BCUT2D eigenvalue weighted by molar-refractivity contribution is -0.146. The average Bonchev–Trinajstić information content (AvgIpc) is 3.30. The van der Waals surface area contributed by atoms with Gasteiger partial charge >= 0.3 is 17.9 Å². The number of carbonyl (C=O) groups is 3. The number of benzene rings is 4. The third-order valence-corrected chi connectivity index (χ3v) is 8.42. The minimum absolute atomic E-state index is 0.0415. The first-order chi connectivity index (χ1) is 31.1. The van der Waals surface area contributed by atoms with E-state index in [1.165, 1.54) is 19.5 Å². The highest BCUT2D eigenvalue weighted by atomic mass is 16.6. The fourth-order valence-electron chi connectivity index (χ4n) is 5.40. The van der Waals surface area contributed by atoms with E-state index in [-0.39, 0.29) is 31.0 Å². The molecule has 0 aliphatic carbocycles. The summed E-state index contributed by atoms with van der Waals surface area (Å²) >= 11 is 0. The molecule has 1 heterocycles. The van der Waals surface area contributed by atoms with Gasteiger partial charge in [0.05, 0.1) is 58.2 Å². The molecule has 2 N–H and O–H groups in total. The van der Waals surface area contributed by atoms with Gasteiger partial charge in [-0.15, -0.1) is 0 Å². The first-order valence-electron chi connectivity index (χ1n) is 20.5. The number of aromatic amines is 1. The van der Waals surface area contributed by atoms with Crippen LogP contribution in [0.5, 0.6) is 34.5 Å². The van der Waals surface area contributed by atoms with Crippen LogP contribution >= 0.6 is 0 Å². The summed E-state index contributed by atoms with van der Waals surface area (Å²) in [6, 6.07) is 27.9. The van der Waals surface area contributed by atoms with Crippen molar-refractivity contribution in [2.45, 2.75) is 33.6 Å². The largest absolute Gasteiger partial charge is 0.493 e. The second kappa shape index (κ2) is 29.3. The van der Waals surface area contributed by atoms with Crippen molar-refractivity contribution in [1.82, 2.24) is 4.98 Å². The van der Waals surface area contributed by atoms with Gasteiger partial charge in [-0.05, 0) is 63.2 Å². The number of fused-ring (bicyclic) bond motifs is 1. The highest BCUT2D eigenvalue weighted by Gasteiger charge is 2.21. The van der Waals surface area contributed by atoms with E-state index >= 15 is 0 Å². The number of H-pyrrole nitrogens is 1. The molecule has 0 atom stereocenters. The van der Waals surface area contributed by atoms with Crippen molar-refractivity contribution in [2.24, 2.45) is 0 Å². The molecule has 0 aliphatic rings. The second-order valence-corrected chi connectivity index (χ2v) is 12.9. The molecule has 0 unspecified atom stereocenters. The van der Waals surface area contributed by atoms with E-state index in [0.29, 0.717) is 66.0 Å². The van der Waals surface area contributed by atoms with Crippen LogP contribution in [-0.2, 0) is 33.3 Å². The lowest BCUT2D eigenvalue weighted by Gasteiger charge is -2.13. The number of pyridine rings is 1. The lowest BCUT2D eigenvalue weighted by atomic mass is 10.1. The van der Waals surface area contributed by atoms with E-state index < -0.39 is 23.3 Å². The number of hydrogen-bond donors (Lipinski definition) is 2. The van der Waals surface area contributed by atoms with Gasteiger partial charge in [0.15, 0.2) is 28.6 Å². The van der Waals surface area contributed by atoms with Crippen LogP contribution in [0.4, 0.5) is 5.69 Å². The summed E-state index contributed by atoms with van der Waals surface area (Å²) in [7, 11) is 6.29. The molecule has 0 saturated heterocycles. The molecule has 16 nitrogen and oxygen atoms in total. The Balaban J connectivity index is 0.000000269. The molecular weight excluding hydrogens is 829 g/mol. The molecule has 0 spiro atoms. The molecule has 16 heteroatoms. The van der Waals surface area contributed by atoms with Crippen molar-refractivity contribution in [3.63, 3.8) is 0 Å². The van der Waals surface area contributed by atoms with Gasteiger partial charge in [-0.3, -0.25) is 4.79 Å². The Morgan fingerprint density at radius 1 is 0.609 bits per heavy atom. The molecular formula is C48H58N2O14. The van der Waals surface area contributed by atoms with E-state index in [4.69, 9.17) is 47.4 Å². The number of hydrogen-bond acceptors (Lipinski definition) is 15. The quantitative estimate of drug-likeness (QED) is 0.0169. The minimum atomic E-state index is -0.756. The number of esters is 3. The standard InChI is InChI=1S/C19H27NO7.C17H21NO6.C12H10O/c1-5-25-18(21)15(19(22)26-6-2)13-20-14-8-9-16(24-4)17(12-14)27-11-7-10-23-3;1-4-23-17(20)12-10-18-13-9-15(24-7-5-6-21-2)14(22-3)8-11(13)16(12)19;1-3-7-11(8-4-1)13-12-9-5-2-6-10-12/h8-9,12-13,20H,5-7,10-11H2,1-4H3;8-10H,4-7H2,1-3H3,(H,18,19);1-10H. The molecule has 344 valence electrons. The summed E-state index contributed by atoms with van der Waals surface area (Å²) in [6.07, 6.45) is 4.07. The monoisotopic (exact) mass is 886 g/mol. The summed E-state index contributed by atoms with van der Waals surface area (Å²) in [5.74, 6) is 1.61. The van der Waals surface area contributed by atoms with Gasteiger partial charge in [0, 0.05) is 70.5 Å². The third-order valence-electron chi connectivity index (χ3n) is 8.42. The van der Waals surface area contributed by atoms with Gasteiger partial charge in [-0.1, -0.05) is 36.4 Å². The van der Waals surface area contributed by atoms with E-state index in [9.17, 15) is 19.2 Å². The zero-order valence-corrected chi connectivity index (χ0v) is 37.4. The van der Waals surface area contributed by atoms with Gasteiger partial charge in [0.25, 0.3) is 0 Å². The zero-order valence-electron chi connectivity index (χ0n) is 37.4. The van der Waals surface area contributed by atoms with Crippen LogP contribution in [0.2, 0.25) is 0 Å². The Bertz CT molecular complexity index is 2210. The number of nitrogens with one attached hydrogen (secondary N) is 2. The summed E-state index contributed by atoms with van der Waals surface area (Å²) in [5, 5.41) is 3.23. The lowest BCUT2D eigenvalue weighted by Crippen LogP contribution is -2.19. The normalized spacial score (nSPS) is 10.1. The number of para-hydroxylation sites is 2. The third kappa shape index (κ3) is 17.0. The van der Waals surface area contributed by atoms with Crippen LogP contribution in [0.1, 0.15) is 44.0 Å². The Kier molecular flexibility index (Phi) is 23.5. The number of rotatable bonds is 22. The van der Waals surface area contributed by atoms with E-state index in [1.807, 2.05) is 60.7 Å². The molecule has 0 bridgehead atoms. The first kappa shape index (κ1) is 51.3. The number of aromatic nitrogens is 1. The maximum absolute atomic E-state index is 12.5. The summed E-state index contributed by atoms with van der Waals surface area (Å²) in [6.45, 7) is 7.60. The molecule has 0 radical (unpaired) electrons. The predicted molar refractivity (Wildman–Crippen MR) is 242 cm³/mol. The second-order valence-electron chi connectivity index (χ2n) is 12.9. The van der Waals surface area contributed by atoms with E-state index in [2.05, 4.69) is 10.3 Å². The van der Waals surface area contributed by atoms with Gasteiger partial charge in [-0.25, -0.2) is 14.4 Å². The smallest absolute Gasteiger partial charge is 0.347 e. The first-order valence-corrected chi connectivity index (χ1v) is 20.5. The minimum Gasteiger partial charge on any atom is -0.493 e. The van der Waals surface area contributed by atoms with Crippen LogP contribution in [0.3, 0.4) is 0 Å². The number of methoxy groups -OCH3 is 4. The molecule has 5 aromatic rings. The van der Waals surface area contributed by atoms with E-state index in [1.54, 1.807) is 72.4 Å². The fourth-order valence-corrected chi connectivity index (χ4v) is 5.40. The van der Waals surface area contributed by atoms with Gasteiger partial charge in [0.1, 0.15) is 17.1 Å². The zero-order chi connectivity index (χ0) is 46.5. The Hall–Kier alpha value is -7.04. The molecule has 5 rings (SSSR count). The highest BCUT2D eigenvalue weighted by Crippen LogP contribution is 2.32. The number of anilines is 1. The van der Waals surface area contributed by atoms with Crippen LogP contribution in [0.25, 0.3) is 10.9 Å². The van der Waals surface area contributed by atoms with Gasteiger partial charge in [-0.2, -0.15) is 0 Å². The summed E-state index contributed by atoms with van der Waals surface area (Å²) in [4.78, 5) is 51.2. The van der Waals surface area contributed by atoms with E-state index in [0.717, 1.165) is 24.3 Å². The Labute approximate surface area is 373 Å². The summed E-state index contributed by atoms with van der Waals surface area (Å²) < 4.78 is 52.2.